The minimum atomic E-state index is 0.208. The first-order valence-electron chi connectivity index (χ1n) is 10.9. The molecule has 6 nitrogen and oxygen atoms in total. The second-order valence-electron chi connectivity index (χ2n) is 8.19. The number of aryl methyl sites for hydroxylation is 2. The predicted molar refractivity (Wildman–Crippen MR) is 118 cm³/mol. The number of likely N-dealkylation sites (tertiary alicyclic amines) is 1. The standard InChI is InChI=1S/C24H26ClN3O3/c1-16-21(27-24(31-16)19-12-22-23(13-20(19)25)30-15-29-22)14-28-11-5-3-7-18(28)9-8-17-6-2-4-10-26-17/h2,4,6,10,12-13,18H,3,5,7-9,11,14-15H2,1H3/t18-/m1/s1. The van der Waals surface area contributed by atoms with Crippen molar-refractivity contribution in [3.63, 3.8) is 0 Å². The number of oxazole rings is 1. The molecule has 7 heteroatoms. The fraction of sp³-hybridized carbons (Fsp3) is 0.417. The molecule has 2 aromatic heterocycles. The molecule has 0 spiro atoms. The number of halogens is 1. The van der Waals surface area contributed by atoms with Gasteiger partial charge in [0.05, 0.1) is 16.3 Å². The summed E-state index contributed by atoms with van der Waals surface area (Å²) in [5, 5.41) is 0.545. The minimum absolute atomic E-state index is 0.208. The lowest BCUT2D eigenvalue weighted by molar-refractivity contribution is 0.130. The smallest absolute Gasteiger partial charge is 0.231 e. The molecule has 2 aliphatic rings. The van der Waals surface area contributed by atoms with E-state index in [0.29, 0.717) is 28.5 Å². The van der Waals surface area contributed by atoms with E-state index in [0.717, 1.165) is 48.6 Å². The van der Waals surface area contributed by atoms with Crippen molar-refractivity contribution in [1.82, 2.24) is 14.9 Å². The Labute approximate surface area is 187 Å². The summed E-state index contributed by atoms with van der Waals surface area (Å²) < 4.78 is 16.9. The zero-order valence-electron chi connectivity index (χ0n) is 17.6. The van der Waals surface area contributed by atoms with Crippen LogP contribution in [0.5, 0.6) is 11.5 Å². The Balaban J connectivity index is 1.32. The molecule has 0 bridgehead atoms. The second kappa shape index (κ2) is 8.89. The van der Waals surface area contributed by atoms with Gasteiger partial charge in [-0.3, -0.25) is 9.88 Å². The quantitative estimate of drug-likeness (QED) is 0.511. The Hall–Kier alpha value is -2.57. The Kier molecular flexibility index (Phi) is 5.83. The molecule has 0 unspecified atom stereocenters. The number of benzene rings is 1. The van der Waals surface area contributed by atoms with Crippen LogP contribution in [-0.4, -0.2) is 34.2 Å². The van der Waals surface area contributed by atoms with E-state index in [2.05, 4.69) is 22.0 Å². The van der Waals surface area contributed by atoms with E-state index in [9.17, 15) is 0 Å². The molecule has 0 radical (unpaired) electrons. The largest absolute Gasteiger partial charge is 0.454 e. The number of ether oxygens (including phenoxy) is 2. The molecular weight excluding hydrogens is 414 g/mol. The van der Waals surface area contributed by atoms with Gasteiger partial charge in [-0.25, -0.2) is 4.98 Å². The molecule has 31 heavy (non-hydrogen) atoms. The maximum Gasteiger partial charge on any atom is 0.231 e. The number of fused-ring (bicyclic) bond motifs is 1. The van der Waals surface area contributed by atoms with Gasteiger partial charge < -0.3 is 13.9 Å². The summed E-state index contributed by atoms with van der Waals surface area (Å²) in [6.45, 7) is 4.04. The Morgan fingerprint density at radius 3 is 2.87 bits per heavy atom. The highest BCUT2D eigenvalue weighted by atomic mass is 35.5. The van der Waals surface area contributed by atoms with Crippen LogP contribution < -0.4 is 9.47 Å². The highest BCUT2D eigenvalue weighted by molar-refractivity contribution is 6.33. The van der Waals surface area contributed by atoms with Crippen LogP contribution in [0.15, 0.2) is 40.9 Å². The topological polar surface area (TPSA) is 60.6 Å². The lowest BCUT2D eigenvalue weighted by Crippen LogP contribution is -2.39. The van der Waals surface area contributed by atoms with E-state index >= 15 is 0 Å². The number of piperidine rings is 1. The highest BCUT2D eigenvalue weighted by Crippen LogP contribution is 2.41. The van der Waals surface area contributed by atoms with Crippen molar-refractivity contribution in [2.75, 3.05) is 13.3 Å². The van der Waals surface area contributed by atoms with Crippen LogP contribution in [-0.2, 0) is 13.0 Å². The van der Waals surface area contributed by atoms with Crippen LogP contribution in [0.4, 0.5) is 0 Å². The fourth-order valence-corrected chi connectivity index (χ4v) is 4.65. The van der Waals surface area contributed by atoms with Gasteiger partial charge in [-0.05, 0) is 57.4 Å². The average Bonchev–Trinajstić information content (AvgIpc) is 3.39. The van der Waals surface area contributed by atoms with Crippen molar-refractivity contribution in [3.8, 4) is 23.0 Å². The summed E-state index contributed by atoms with van der Waals surface area (Å²) in [5.74, 6) is 2.68. The van der Waals surface area contributed by atoms with Gasteiger partial charge in [0, 0.05) is 30.5 Å². The number of hydrogen-bond donors (Lipinski definition) is 0. The molecule has 0 aliphatic carbocycles. The second-order valence-corrected chi connectivity index (χ2v) is 8.59. The molecule has 2 aliphatic heterocycles. The third-order valence-corrected chi connectivity index (χ3v) is 6.46. The first kappa shape index (κ1) is 20.3. The third-order valence-electron chi connectivity index (χ3n) is 6.15. The fourth-order valence-electron chi connectivity index (χ4n) is 4.42. The summed E-state index contributed by atoms with van der Waals surface area (Å²) in [4.78, 5) is 11.8. The Morgan fingerprint density at radius 1 is 1.16 bits per heavy atom. The van der Waals surface area contributed by atoms with E-state index in [1.54, 1.807) is 6.07 Å². The van der Waals surface area contributed by atoms with Gasteiger partial charge >= 0.3 is 0 Å². The molecule has 0 saturated carbocycles. The molecule has 0 N–H and O–H groups in total. The van der Waals surface area contributed by atoms with Crippen molar-refractivity contribution in [2.45, 2.75) is 51.6 Å². The van der Waals surface area contributed by atoms with Gasteiger partial charge in [0.25, 0.3) is 0 Å². The molecule has 162 valence electrons. The van der Waals surface area contributed by atoms with Crippen LogP contribution >= 0.6 is 11.6 Å². The number of rotatable bonds is 6. The predicted octanol–water partition coefficient (Wildman–Crippen LogP) is 5.41. The minimum Gasteiger partial charge on any atom is -0.454 e. The number of aromatic nitrogens is 2. The highest BCUT2D eigenvalue weighted by Gasteiger charge is 2.26. The maximum absolute atomic E-state index is 6.47. The van der Waals surface area contributed by atoms with Crippen molar-refractivity contribution in [3.05, 3.63) is 58.7 Å². The lowest BCUT2D eigenvalue weighted by atomic mass is 9.96. The molecule has 1 fully saturated rings. The van der Waals surface area contributed by atoms with Gasteiger partial charge in [0.2, 0.25) is 12.7 Å². The molecule has 1 atom stereocenters. The average molecular weight is 440 g/mol. The van der Waals surface area contributed by atoms with Gasteiger partial charge in [0.1, 0.15) is 5.76 Å². The van der Waals surface area contributed by atoms with Gasteiger partial charge in [-0.2, -0.15) is 0 Å². The number of pyridine rings is 1. The van der Waals surface area contributed by atoms with E-state index in [4.69, 9.17) is 30.5 Å². The summed E-state index contributed by atoms with van der Waals surface area (Å²) in [5.41, 5.74) is 2.85. The number of nitrogens with zero attached hydrogens (tertiary/aromatic N) is 3. The van der Waals surface area contributed by atoms with Gasteiger partial charge in [-0.15, -0.1) is 0 Å². The maximum atomic E-state index is 6.47. The third kappa shape index (κ3) is 4.41. The van der Waals surface area contributed by atoms with Crippen molar-refractivity contribution < 1.29 is 13.9 Å². The molecule has 3 aromatic rings. The first-order chi connectivity index (χ1) is 15.2. The van der Waals surface area contributed by atoms with E-state index < -0.39 is 0 Å². The van der Waals surface area contributed by atoms with Crippen molar-refractivity contribution in [1.29, 1.82) is 0 Å². The van der Waals surface area contributed by atoms with Crippen LogP contribution in [0.1, 0.15) is 42.8 Å². The van der Waals surface area contributed by atoms with Crippen LogP contribution in [0, 0.1) is 6.92 Å². The summed E-state index contributed by atoms with van der Waals surface area (Å²) in [7, 11) is 0. The molecule has 4 heterocycles. The molecule has 1 saturated heterocycles. The molecular formula is C24H26ClN3O3. The van der Waals surface area contributed by atoms with Crippen LogP contribution in [0.2, 0.25) is 5.02 Å². The summed E-state index contributed by atoms with van der Waals surface area (Å²) >= 11 is 6.47. The van der Waals surface area contributed by atoms with Gasteiger partial charge in [0.15, 0.2) is 11.5 Å². The zero-order valence-corrected chi connectivity index (χ0v) is 18.4. The van der Waals surface area contributed by atoms with Crippen molar-refractivity contribution >= 4 is 11.6 Å². The Bertz CT molecular complexity index is 1050. The van der Waals surface area contributed by atoms with E-state index in [1.165, 1.54) is 19.3 Å². The van der Waals surface area contributed by atoms with Crippen LogP contribution in [0.3, 0.4) is 0 Å². The van der Waals surface area contributed by atoms with E-state index in [1.807, 2.05) is 25.3 Å². The lowest BCUT2D eigenvalue weighted by Gasteiger charge is -2.35. The summed E-state index contributed by atoms with van der Waals surface area (Å²) in [6, 6.07) is 10.3. The van der Waals surface area contributed by atoms with E-state index in [-0.39, 0.29) is 6.79 Å². The molecule has 5 rings (SSSR count). The Morgan fingerprint density at radius 2 is 2.03 bits per heavy atom. The first-order valence-corrected chi connectivity index (χ1v) is 11.2. The SMILES string of the molecule is Cc1oc(-c2cc3c(cc2Cl)OCO3)nc1CN1CCCC[C@@H]1CCc1ccccn1. The van der Waals surface area contributed by atoms with Gasteiger partial charge in [-0.1, -0.05) is 24.1 Å². The zero-order chi connectivity index (χ0) is 21.2. The molecule has 1 aromatic carbocycles. The number of hydrogen-bond acceptors (Lipinski definition) is 6. The summed E-state index contributed by atoms with van der Waals surface area (Å²) in [6.07, 6.45) is 7.68. The van der Waals surface area contributed by atoms with Crippen LogP contribution in [0.25, 0.3) is 11.5 Å². The molecule has 0 amide bonds. The normalized spacial score (nSPS) is 18.5. The monoisotopic (exact) mass is 439 g/mol. The van der Waals surface area contributed by atoms with Crippen molar-refractivity contribution in [2.24, 2.45) is 0 Å².